The summed E-state index contributed by atoms with van der Waals surface area (Å²) in [6.07, 6.45) is 11.9. The van der Waals surface area contributed by atoms with Crippen LogP contribution in [0.15, 0.2) is 60.2 Å². The standard InChI is InChI=1S/C26H31NO2/c1-20(11-12-21-13-14-22-7-2-3-8-23(22)18-21)17-26(28)29-19-24-9-6-16-27-15-5-4-10-25(24)27/h2-3,7-8,11-14,17-18,24-25H,4-6,9-10,15-16,19H2,1H3/t24-,25+/m1/s1. The number of esters is 1. The van der Waals surface area contributed by atoms with Gasteiger partial charge < -0.3 is 4.74 Å². The predicted octanol–water partition coefficient (Wildman–Crippen LogP) is 5.61. The van der Waals surface area contributed by atoms with Crippen LogP contribution in [0.25, 0.3) is 16.8 Å². The minimum Gasteiger partial charge on any atom is -0.462 e. The smallest absolute Gasteiger partial charge is 0.331 e. The fourth-order valence-electron chi connectivity index (χ4n) is 4.78. The molecule has 0 unspecified atom stereocenters. The van der Waals surface area contributed by atoms with E-state index in [1.807, 2.05) is 19.1 Å². The maximum absolute atomic E-state index is 12.3. The quantitative estimate of drug-likeness (QED) is 0.378. The summed E-state index contributed by atoms with van der Waals surface area (Å²) >= 11 is 0. The number of hydrogen-bond donors (Lipinski definition) is 0. The molecule has 4 rings (SSSR count). The molecule has 2 heterocycles. The molecule has 3 nitrogen and oxygen atoms in total. The summed E-state index contributed by atoms with van der Waals surface area (Å²) < 4.78 is 5.63. The van der Waals surface area contributed by atoms with Crippen molar-refractivity contribution in [3.8, 4) is 0 Å². The van der Waals surface area contributed by atoms with E-state index in [4.69, 9.17) is 4.74 Å². The fraction of sp³-hybridized carbons (Fsp3) is 0.423. The molecule has 2 fully saturated rings. The van der Waals surface area contributed by atoms with E-state index >= 15 is 0 Å². The van der Waals surface area contributed by atoms with Crippen LogP contribution in [0, 0.1) is 5.92 Å². The molecule has 0 bridgehead atoms. The van der Waals surface area contributed by atoms with Crippen LogP contribution in [0.5, 0.6) is 0 Å². The van der Waals surface area contributed by atoms with E-state index in [9.17, 15) is 4.79 Å². The number of piperidine rings is 2. The van der Waals surface area contributed by atoms with Gasteiger partial charge in [0.2, 0.25) is 0 Å². The minimum absolute atomic E-state index is 0.224. The summed E-state index contributed by atoms with van der Waals surface area (Å²) in [5.41, 5.74) is 2.04. The lowest BCUT2D eigenvalue weighted by Gasteiger charge is -2.44. The molecular formula is C26H31NO2. The zero-order valence-corrected chi connectivity index (χ0v) is 17.3. The topological polar surface area (TPSA) is 29.5 Å². The summed E-state index contributed by atoms with van der Waals surface area (Å²) in [6.45, 7) is 4.93. The highest BCUT2D eigenvalue weighted by Crippen LogP contribution is 2.31. The average Bonchev–Trinajstić information content (AvgIpc) is 2.76. The van der Waals surface area contributed by atoms with Crippen molar-refractivity contribution in [1.29, 1.82) is 0 Å². The van der Waals surface area contributed by atoms with Gasteiger partial charge in [-0.05, 0) is 73.7 Å². The third-order valence-electron chi connectivity index (χ3n) is 6.33. The van der Waals surface area contributed by atoms with Gasteiger partial charge >= 0.3 is 5.97 Å². The van der Waals surface area contributed by atoms with E-state index in [1.165, 1.54) is 56.0 Å². The largest absolute Gasteiger partial charge is 0.462 e. The second kappa shape index (κ2) is 9.41. The van der Waals surface area contributed by atoms with E-state index < -0.39 is 0 Å². The minimum atomic E-state index is -0.224. The molecule has 3 heteroatoms. The van der Waals surface area contributed by atoms with Gasteiger partial charge in [0.25, 0.3) is 0 Å². The Hall–Kier alpha value is -2.39. The van der Waals surface area contributed by atoms with Gasteiger partial charge in [-0.2, -0.15) is 0 Å². The lowest BCUT2D eigenvalue weighted by Crippen LogP contribution is -2.49. The van der Waals surface area contributed by atoms with Gasteiger partial charge in [-0.1, -0.05) is 55.0 Å². The van der Waals surface area contributed by atoms with Crippen LogP contribution in [-0.2, 0) is 9.53 Å². The van der Waals surface area contributed by atoms with Gasteiger partial charge in [-0.3, -0.25) is 4.90 Å². The number of carbonyl (C=O) groups excluding carboxylic acids is 1. The summed E-state index contributed by atoms with van der Waals surface area (Å²) in [4.78, 5) is 14.9. The average molecular weight is 390 g/mol. The summed E-state index contributed by atoms with van der Waals surface area (Å²) in [5.74, 6) is 0.272. The van der Waals surface area contributed by atoms with E-state index in [-0.39, 0.29) is 5.97 Å². The SMILES string of the molecule is CC(C=Cc1ccc2ccccc2c1)=CC(=O)OC[C@H]1CCCN2CCCC[C@@H]12. The van der Waals surface area contributed by atoms with Crippen molar-refractivity contribution in [2.45, 2.75) is 45.1 Å². The van der Waals surface area contributed by atoms with Gasteiger partial charge in [0.1, 0.15) is 0 Å². The zero-order valence-electron chi connectivity index (χ0n) is 17.3. The van der Waals surface area contributed by atoms with Gasteiger partial charge in [0.05, 0.1) is 6.61 Å². The Bertz CT molecular complexity index is 912. The molecule has 0 N–H and O–H groups in total. The first-order valence-electron chi connectivity index (χ1n) is 10.9. The Morgan fingerprint density at radius 2 is 1.90 bits per heavy atom. The summed E-state index contributed by atoms with van der Waals surface area (Å²) in [7, 11) is 0. The highest BCUT2D eigenvalue weighted by molar-refractivity contribution is 5.85. The number of hydrogen-bond acceptors (Lipinski definition) is 3. The Balaban J connectivity index is 1.32. The van der Waals surface area contributed by atoms with E-state index in [2.05, 4.69) is 47.4 Å². The molecule has 0 aliphatic carbocycles. The van der Waals surface area contributed by atoms with Gasteiger partial charge in [0.15, 0.2) is 0 Å². The number of allylic oxidation sites excluding steroid dienone is 2. The van der Waals surface area contributed by atoms with Crippen molar-refractivity contribution in [2.75, 3.05) is 19.7 Å². The molecule has 152 valence electrons. The van der Waals surface area contributed by atoms with Crippen molar-refractivity contribution in [2.24, 2.45) is 5.92 Å². The Kier molecular flexibility index (Phi) is 6.46. The molecule has 2 atom stereocenters. The second-order valence-electron chi connectivity index (χ2n) is 8.46. The number of carbonyl (C=O) groups is 1. The van der Waals surface area contributed by atoms with Crippen LogP contribution in [0.1, 0.15) is 44.6 Å². The number of fused-ring (bicyclic) bond motifs is 2. The highest BCUT2D eigenvalue weighted by Gasteiger charge is 2.33. The number of nitrogens with zero attached hydrogens (tertiary/aromatic N) is 1. The molecule has 2 aromatic rings. The van der Waals surface area contributed by atoms with Crippen molar-refractivity contribution < 1.29 is 9.53 Å². The van der Waals surface area contributed by atoms with Crippen LogP contribution in [0.2, 0.25) is 0 Å². The van der Waals surface area contributed by atoms with Crippen molar-refractivity contribution in [1.82, 2.24) is 4.90 Å². The molecule has 2 saturated heterocycles. The van der Waals surface area contributed by atoms with Crippen LogP contribution < -0.4 is 0 Å². The van der Waals surface area contributed by atoms with Gasteiger partial charge in [-0.25, -0.2) is 4.79 Å². The van der Waals surface area contributed by atoms with Crippen LogP contribution in [0.3, 0.4) is 0 Å². The molecule has 0 aromatic heterocycles. The Labute approximate surface area is 174 Å². The Morgan fingerprint density at radius 1 is 1.07 bits per heavy atom. The lowest BCUT2D eigenvalue weighted by molar-refractivity contribution is -0.140. The van der Waals surface area contributed by atoms with E-state index in [0.29, 0.717) is 18.6 Å². The summed E-state index contributed by atoms with van der Waals surface area (Å²) in [6, 6.07) is 15.3. The van der Waals surface area contributed by atoms with Gasteiger partial charge in [-0.15, -0.1) is 0 Å². The molecular weight excluding hydrogens is 358 g/mol. The first kappa shape index (κ1) is 19.9. The molecule has 0 amide bonds. The van der Waals surface area contributed by atoms with E-state index in [1.54, 1.807) is 6.08 Å². The molecule has 2 aliphatic heterocycles. The van der Waals surface area contributed by atoms with E-state index in [0.717, 1.165) is 11.1 Å². The molecule has 0 spiro atoms. The molecule has 2 aliphatic rings. The molecule has 2 aromatic carbocycles. The zero-order chi connectivity index (χ0) is 20.1. The van der Waals surface area contributed by atoms with Crippen molar-refractivity contribution in [3.63, 3.8) is 0 Å². The third kappa shape index (κ3) is 5.16. The molecule has 0 saturated carbocycles. The first-order valence-corrected chi connectivity index (χ1v) is 10.9. The van der Waals surface area contributed by atoms with Crippen LogP contribution in [-0.4, -0.2) is 36.6 Å². The Morgan fingerprint density at radius 3 is 2.79 bits per heavy atom. The van der Waals surface area contributed by atoms with Gasteiger partial charge in [0, 0.05) is 18.0 Å². The van der Waals surface area contributed by atoms with Crippen molar-refractivity contribution >= 4 is 22.8 Å². The highest BCUT2D eigenvalue weighted by atomic mass is 16.5. The number of ether oxygens (including phenoxy) is 1. The predicted molar refractivity (Wildman–Crippen MR) is 120 cm³/mol. The monoisotopic (exact) mass is 389 g/mol. The van der Waals surface area contributed by atoms with Crippen LogP contribution >= 0.6 is 0 Å². The van der Waals surface area contributed by atoms with Crippen LogP contribution in [0.4, 0.5) is 0 Å². The number of rotatable bonds is 5. The maximum Gasteiger partial charge on any atom is 0.331 e. The summed E-state index contributed by atoms with van der Waals surface area (Å²) in [5, 5.41) is 2.46. The number of benzene rings is 2. The first-order chi connectivity index (χ1) is 14.2. The third-order valence-corrected chi connectivity index (χ3v) is 6.33. The lowest BCUT2D eigenvalue weighted by atomic mass is 9.84. The molecule has 29 heavy (non-hydrogen) atoms. The normalized spacial score (nSPS) is 23.3. The maximum atomic E-state index is 12.3. The van der Waals surface area contributed by atoms with Crippen molar-refractivity contribution in [3.05, 3.63) is 65.8 Å². The fourth-order valence-corrected chi connectivity index (χ4v) is 4.78. The second-order valence-corrected chi connectivity index (χ2v) is 8.46. The molecule has 0 radical (unpaired) electrons.